The monoisotopic (exact) mass is 233 g/mol. The number of Topliss-reactive ketones (excluding diaryl/α,β-unsaturated/α-hetero) is 1. The van der Waals surface area contributed by atoms with Crippen LogP contribution >= 0.6 is 0 Å². The Morgan fingerprint density at radius 3 is 2.29 bits per heavy atom. The predicted octanol–water partition coefficient (Wildman–Crippen LogP) is 3.20. The molecule has 0 atom stereocenters. The minimum Gasteiger partial charge on any atom is -0.330 e. The Balaban J connectivity index is 2.70. The van der Waals surface area contributed by atoms with Gasteiger partial charge in [0.05, 0.1) is 0 Å². The van der Waals surface area contributed by atoms with Crippen molar-refractivity contribution in [3.05, 3.63) is 35.4 Å². The number of hydrogen-bond donors (Lipinski definition) is 1. The van der Waals surface area contributed by atoms with Crippen LogP contribution in [0.5, 0.6) is 0 Å². The number of nitrogens with two attached hydrogens (primary N) is 1. The van der Waals surface area contributed by atoms with Gasteiger partial charge in [-0.05, 0) is 23.9 Å². The molecule has 2 N–H and O–H groups in total. The van der Waals surface area contributed by atoms with Crippen LogP contribution in [0.4, 0.5) is 0 Å². The van der Waals surface area contributed by atoms with Gasteiger partial charge >= 0.3 is 0 Å². The average molecular weight is 233 g/mol. The summed E-state index contributed by atoms with van der Waals surface area (Å²) in [5.41, 5.74) is 7.62. The number of carbonyl (C=O) groups is 1. The number of rotatable bonds is 6. The van der Waals surface area contributed by atoms with Crippen LogP contribution in [-0.2, 0) is 6.42 Å². The fraction of sp³-hybridized carbons (Fsp3) is 0.533. The van der Waals surface area contributed by atoms with Gasteiger partial charge in [0.25, 0.3) is 0 Å². The van der Waals surface area contributed by atoms with Crippen molar-refractivity contribution in [2.75, 3.05) is 6.54 Å². The molecule has 1 rings (SSSR count). The first-order chi connectivity index (χ1) is 7.98. The lowest BCUT2D eigenvalue weighted by atomic mass is 9.85. The number of benzene rings is 1. The molecule has 17 heavy (non-hydrogen) atoms. The molecule has 0 bridgehead atoms. The zero-order valence-electron chi connectivity index (χ0n) is 11.1. The summed E-state index contributed by atoms with van der Waals surface area (Å²) in [6.45, 7) is 6.74. The van der Waals surface area contributed by atoms with E-state index in [0.29, 0.717) is 13.0 Å². The van der Waals surface area contributed by atoms with Crippen molar-refractivity contribution in [1.29, 1.82) is 0 Å². The van der Waals surface area contributed by atoms with Crippen LogP contribution in [0.3, 0.4) is 0 Å². The van der Waals surface area contributed by atoms with E-state index in [1.54, 1.807) is 0 Å². The Hall–Kier alpha value is -1.15. The summed E-state index contributed by atoms with van der Waals surface area (Å²) in [6, 6.07) is 7.96. The molecule has 1 aromatic rings. The van der Waals surface area contributed by atoms with Crippen molar-refractivity contribution in [2.24, 2.45) is 11.1 Å². The van der Waals surface area contributed by atoms with Crippen LogP contribution in [0.25, 0.3) is 0 Å². The van der Waals surface area contributed by atoms with Gasteiger partial charge < -0.3 is 5.73 Å². The Morgan fingerprint density at radius 2 is 1.82 bits per heavy atom. The van der Waals surface area contributed by atoms with Gasteiger partial charge in [-0.3, -0.25) is 4.79 Å². The maximum Gasteiger partial charge on any atom is 0.163 e. The highest BCUT2D eigenvalue weighted by Crippen LogP contribution is 2.21. The van der Waals surface area contributed by atoms with Crippen molar-refractivity contribution in [2.45, 2.75) is 40.0 Å². The van der Waals surface area contributed by atoms with E-state index in [0.717, 1.165) is 18.4 Å². The molecule has 94 valence electrons. The Bertz CT molecular complexity index is 365. The molecule has 0 unspecified atom stereocenters. The molecule has 1 aromatic carbocycles. The van der Waals surface area contributed by atoms with Crippen molar-refractivity contribution >= 4 is 5.78 Å². The second-order valence-electron chi connectivity index (χ2n) is 5.42. The fourth-order valence-electron chi connectivity index (χ4n) is 1.75. The van der Waals surface area contributed by atoms with Gasteiger partial charge in [0.1, 0.15) is 0 Å². The molecule has 0 aromatic heterocycles. The molecule has 0 aliphatic rings. The quantitative estimate of drug-likeness (QED) is 0.767. The van der Waals surface area contributed by atoms with E-state index < -0.39 is 0 Å². The first kappa shape index (κ1) is 13.9. The number of carbonyl (C=O) groups excluding carboxylic acids is 1. The number of hydrogen-bond acceptors (Lipinski definition) is 2. The first-order valence-electron chi connectivity index (χ1n) is 6.31. The Morgan fingerprint density at radius 1 is 1.24 bits per heavy atom. The normalized spacial score (nSPS) is 11.5. The van der Waals surface area contributed by atoms with Crippen molar-refractivity contribution < 1.29 is 4.79 Å². The Kier molecular flexibility index (Phi) is 4.88. The number of ketones is 1. The summed E-state index contributed by atoms with van der Waals surface area (Å²) < 4.78 is 0. The van der Waals surface area contributed by atoms with Gasteiger partial charge in [-0.1, -0.05) is 51.5 Å². The van der Waals surface area contributed by atoms with Gasteiger partial charge in [0.15, 0.2) is 5.78 Å². The third kappa shape index (κ3) is 4.31. The second kappa shape index (κ2) is 5.97. The highest BCUT2D eigenvalue weighted by atomic mass is 16.1. The molecule has 2 heteroatoms. The minimum atomic E-state index is -0.112. The molecule has 0 fully saturated rings. The highest BCUT2D eigenvalue weighted by molar-refractivity contribution is 5.96. The molecule has 0 aliphatic heterocycles. The smallest absolute Gasteiger partial charge is 0.163 e. The van der Waals surface area contributed by atoms with Crippen LogP contribution in [0.15, 0.2) is 24.3 Å². The second-order valence-corrected chi connectivity index (χ2v) is 5.42. The van der Waals surface area contributed by atoms with Crippen molar-refractivity contribution in [1.82, 2.24) is 0 Å². The van der Waals surface area contributed by atoms with Gasteiger partial charge in [-0.2, -0.15) is 0 Å². The van der Waals surface area contributed by atoms with E-state index in [9.17, 15) is 4.79 Å². The highest BCUT2D eigenvalue weighted by Gasteiger charge is 2.20. The molecular formula is C15H23NO. The summed E-state index contributed by atoms with van der Waals surface area (Å²) in [6.07, 6.45) is 2.72. The summed E-state index contributed by atoms with van der Waals surface area (Å²) in [5, 5.41) is 0. The van der Waals surface area contributed by atoms with Gasteiger partial charge in [0, 0.05) is 12.0 Å². The van der Waals surface area contributed by atoms with Crippen molar-refractivity contribution in [3.8, 4) is 0 Å². The van der Waals surface area contributed by atoms with Crippen LogP contribution in [0, 0.1) is 5.41 Å². The molecule has 0 heterocycles. The van der Waals surface area contributed by atoms with Crippen LogP contribution < -0.4 is 5.73 Å². The molecule has 0 aliphatic carbocycles. The van der Waals surface area contributed by atoms with Crippen LogP contribution in [0.1, 0.15) is 49.5 Å². The van der Waals surface area contributed by atoms with Gasteiger partial charge in [-0.25, -0.2) is 0 Å². The summed E-state index contributed by atoms with van der Waals surface area (Å²) in [5.74, 6) is 0.184. The van der Waals surface area contributed by atoms with E-state index in [-0.39, 0.29) is 11.2 Å². The SMILES string of the molecule is CCCc1ccc(C(=O)CC(C)(C)CN)cc1. The largest absolute Gasteiger partial charge is 0.330 e. The Labute approximate surface area is 104 Å². The van der Waals surface area contributed by atoms with Gasteiger partial charge in [-0.15, -0.1) is 0 Å². The van der Waals surface area contributed by atoms with Crippen LogP contribution in [0.2, 0.25) is 0 Å². The molecule has 0 spiro atoms. The molecule has 0 amide bonds. The fourth-order valence-corrected chi connectivity index (χ4v) is 1.75. The first-order valence-corrected chi connectivity index (χ1v) is 6.31. The minimum absolute atomic E-state index is 0.112. The zero-order chi connectivity index (χ0) is 12.9. The molecule has 0 radical (unpaired) electrons. The van der Waals surface area contributed by atoms with E-state index in [1.807, 2.05) is 38.1 Å². The van der Waals surface area contributed by atoms with E-state index in [2.05, 4.69) is 6.92 Å². The molecular weight excluding hydrogens is 210 g/mol. The number of aryl methyl sites for hydroxylation is 1. The lowest BCUT2D eigenvalue weighted by Gasteiger charge is -2.21. The van der Waals surface area contributed by atoms with E-state index >= 15 is 0 Å². The summed E-state index contributed by atoms with van der Waals surface area (Å²) in [7, 11) is 0. The van der Waals surface area contributed by atoms with Gasteiger partial charge in [0.2, 0.25) is 0 Å². The standard InChI is InChI=1S/C15H23NO/c1-4-5-12-6-8-13(9-7-12)14(17)10-15(2,3)11-16/h6-9H,4-5,10-11,16H2,1-3H3. The van der Waals surface area contributed by atoms with Crippen molar-refractivity contribution in [3.63, 3.8) is 0 Å². The summed E-state index contributed by atoms with van der Waals surface area (Å²) in [4.78, 5) is 12.0. The lowest BCUT2D eigenvalue weighted by Crippen LogP contribution is -2.26. The summed E-state index contributed by atoms with van der Waals surface area (Å²) >= 11 is 0. The molecule has 0 saturated heterocycles. The maximum absolute atomic E-state index is 12.0. The molecule has 0 saturated carbocycles. The van der Waals surface area contributed by atoms with E-state index in [4.69, 9.17) is 5.73 Å². The maximum atomic E-state index is 12.0. The topological polar surface area (TPSA) is 43.1 Å². The average Bonchev–Trinajstić information content (AvgIpc) is 2.30. The zero-order valence-corrected chi connectivity index (χ0v) is 11.1. The third-order valence-electron chi connectivity index (χ3n) is 3.01. The lowest BCUT2D eigenvalue weighted by molar-refractivity contribution is 0.0935. The van der Waals surface area contributed by atoms with Crippen LogP contribution in [-0.4, -0.2) is 12.3 Å². The van der Waals surface area contributed by atoms with E-state index in [1.165, 1.54) is 5.56 Å². The predicted molar refractivity (Wildman–Crippen MR) is 72.2 cm³/mol. The molecule has 2 nitrogen and oxygen atoms in total. The third-order valence-corrected chi connectivity index (χ3v) is 3.01.